The van der Waals surface area contributed by atoms with E-state index in [0.29, 0.717) is 29.6 Å². The summed E-state index contributed by atoms with van der Waals surface area (Å²) in [5.74, 6) is 1.92. The molecule has 42 heavy (non-hydrogen) atoms. The number of carboxylic acids is 1. The van der Waals surface area contributed by atoms with Crippen LogP contribution < -0.4 is 0 Å². The third-order valence-corrected chi connectivity index (χ3v) is 15.6. The second-order valence-electron chi connectivity index (χ2n) is 17.8. The van der Waals surface area contributed by atoms with E-state index in [2.05, 4.69) is 48.5 Å². The molecule has 4 unspecified atom stereocenters. The van der Waals surface area contributed by atoms with Crippen LogP contribution in [0.15, 0.2) is 0 Å². The van der Waals surface area contributed by atoms with Gasteiger partial charge in [0, 0.05) is 10.8 Å². The molecule has 238 valence electrons. The molecule has 0 aromatic heterocycles. The fourth-order valence-corrected chi connectivity index (χ4v) is 12.6. The van der Waals surface area contributed by atoms with E-state index in [1.54, 1.807) is 13.8 Å². The zero-order valence-electron chi connectivity index (χ0n) is 27.8. The first-order valence-corrected chi connectivity index (χ1v) is 17.3. The van der Waals surface area contributed by atoms with Gasteiger partial charge in [-0.15, -0.1) is 0 Å². The maximum absolute atomic E-state index is 13.0. The Morgan fingerprint density at radius 3 is 2.12 bits per heavy atom. The molecule has 0 bridgehead atoms. The smallest absolute Gasteiger partial charge is 0.309 e. The molecule has 10 atom stereocenters. The molecule has 1 N–H and O–H groups in total. The molecule has 0 aromatic rings. The molecule has 0 aliphatic heterocycles. The summed E-state index contributed by atoms with van der Waals surface area (Å²) in [5.41, 5.74) is -1.18. The van der Waals surface area contributed by atoms with Crippen LogP contribution in [0.5, 0.6) is 0 Å². The van der Waals surface area contributed by atoms with Crippen molar-refractivity contribution in [2.75, 3.05) is 0 Å². The highest BCUT2D eigenvalue weighted by Gasteiger charge is 2.72. The number of carbonyl (C=O) groups is 3. The van der Waals surface area contributed by atoms with Crippen LogP contribution in [-0.4, -0.2) is 28.4 Å². The maximum atomic E-state index is 13.0. The van der Waals surface area contributed by atoms with Gasteiger partial charge in [-0.3, -0.25) is 14.4 Å². The SMILES string of the molecule is CC(C)[C@@H]1CC[C@]2(C(=O)O)CC[C@]3(C)C(CCC4[C@@]5(C)CC[C@H](OC(=O)CC(C)(C)C(=O)Cl)C(C)(C)C5CC[C@]43C)C12. The van der Waals surface area contributed by atoms with Crippen molar-refractivity contribution in [1.29, 1.82) is 0 Å². The third-order valence-electron chi connectivity index (χ3n) is 15.1. The molecule has 0 amide bonds. The van der Waals surface area contributed by atoms with E-state index >= 15 is 0 Å². The number of hydrogen-bond donors (Lipinski definition) is 1. The number of carboxylic acid groups (broad SMARTS) is 1. The zero-order chi connectivity index (χ0) is 31.3. The van der Waals surface area contributed by atoms with Crippen LogP contribution in [0.2, 0.25) is 0 Å². The van der Waals surface area contributed by atoms with Gasteiger partial charge < -0.3 is 9.84 Å². The highest BCUT2D eigenvalue weighted by Crippen LogP contribution is 2.77. The van der Waals surface area contributed by atoms with E-state index in [1.807, 2.05) is 0 Å². The molecule has 5 fully saturated rings. The number of rotatable bonds is 6. The number of hydrogen-bond acceptors (Lipinski definition) is 4. The topological polar surface area (TPSA) is 80.7 Å². The molecule has 0 radical (unpaired) electrons. The zero-order valence-corrected chi connectivity index (χ0v) is 28.5. The van der Waals surface area contributed by atoms with Crippen LogP contribution in [0.3, 0.4) is 0 Å². The monoisotopic (exact) mass is 604 g/mol. The summed E-state index contributed by atoms with van der Waals surface area (Å²) in [6.07, 6.45) is 10.1. The van der Waals surface area contributed by atoms with E-state index in [0.717, 1.165) is 57.8 Å². The van der Waals surface area contributed by atoms with E-state index < -0.39 is 22.0 Å². The van der Waals surface area contributed by atoms with Crippen molar-refractivity contribution in [2.24, 2.45) is 68.0 Å². The van der Waals surface area contributed by atoms with Gasteiger partial charge in [0.1, 0.15) is 6.10 Å². The van der Waals surface area contributed by atoms with E-state index in [9.17, 15) is 19.5 Å². The van der Waals surface area contributed by atoms with Crippen molar-refractivity contribution in [3.05, 3.63) is 0 Å². The van der Waals surface area contributed by atoms with Gasteiger partial charge in [0.25, 0.3) is 0 Å². The molecular weight excluding hydrogens is 548 g/mol. The molecule has 0 saturated heterocycles. The number of fused-ring (bicyclic) bond motifs is 7. The van der Waals surface area contributed by atoms with Gasteiger partial charge in [-0.1, -0.05) is 62.3 Å². The Morgan fingerprint density at radius 1 is 0.857 bits per heavy atom. The fraction of sp³-hybridized carbons (Fsp3) is 0.917. The molecule has 0 heterocycles. The number of esters is 1. The van der Waals surface area contributed by atoms with Crippen molar-refractivity contribution < 1.29 is 24.2 Å². The molecule has 0 aromatic carbocycles. The highest BCUT2D eigenvalue weighted by molar-refractivity contribution is 6.64. The predicted octanol–water partition coefficient (Wildman–Crippen LogP) is 8.90. The maximum Gasteiger partial charge on any atom is 0.309 e. The molecule has 6 heteroatoms. The lowest BCUT2D eigenvalue weighted by atomic mass is 9.32. The van der Waals surface area contributed by atoms with Gasteiger partial charge in [-0.05, 0) is 128 Å². The van der Waals surface area contributed by atoms with Gasteiger partial charge in [0.15, 0.2) is 0 Å². The number of carbonyl (C=O) groups excluding carboxylic acids is 2. The molecule has 5 nitrogen and oxygen atoms in total. The summed E-state index contributed by atoms with van der Waals surface area (Å²) in [6, 6.07) is 0. The van der Waals surface area contributed by atoms with Crippen LogP contribution in [0.1, 0.15) is 133 Å². The minimum absolute atomic E-state index is 0.000654. The highest BCUT2D eigenvalue weighted by atomic mass is 35.5. The Balaban J connectivity index is 1.42. The van der Waals surface area contributed by atoms with Crippen LogP contribution in [0.25, 0.3) is 0 Å². The third kappa shape index (κ3) is 4.38. The van der Waals surface area contributed by atoms with Crippen molar-refractivity contribution in [2.45, 2.75) is 139 Å². The Bertz CT molecular complexity index is 1130. The summed E-state index contributed by atoms with van der Waals surface area (Å²) < 4.78 is 6.16. The van der Waals surface area contributed by atoms with Gasteiger partial charge in [-0.25, -0.2) is 0 Å². The average molecular weight is 605 g/mol. The van der Waals surface area contributed by atoms with Gasteiger partial charge in [0.2, 0.25) is 5.24 Å². The van der Waals surface area contributed by atoms with Crippen LogP contribution in [0, 0.1) is 68.0 Å². The minimum Gasteiger partial charge on any atom is -0.481 e. The lowest BCUT2D eigenvalue weighted by Crippen LogP contribution is -2.67. The van der Waals surface area contributed by atoms with Crippen molar-refractivity contribution in [3.63, 3.8) is 0 Å². The second-order valence-corrected chi connectivity index (χ2v) is 18.1. The van der Waals surface area contributed by atoms with E-state index in [1.165, 1.54) is 6.42 Å². The average Bonchev–Trinajstić information content (AvgIpc) is 3.27. The fourth-order valence-electron chi connectivity index (χ4n) is 12.6. The Morgan fingerprint density at radius 2 is 1.52 bits per heavy atom. The number of ether oxygens (including phenoxy) is 1. The number of halogens is 1. The van der Waals surface area contributed by atoms with E-state index in [4.69, 9.17) is 16.3 Å². The molecule has 0 spiro atoms. The molecule has 5 rings (SSSR count). The first-order valence-electron chi connectivity index (χ1n) is 16.9. The van der Waals surface area contributed by atoms with Crippen molar-refractivity contribution in [1.82, 2.24) is 0 Å². The summed E-state index contributed by atoms with van der Waals surface area (Å²) >= 11 is 5.76. The molecular formula is C36H57ClO5. The predicted molar refractivity (Wildman–Crippen MR) is 166 cm³/mol. The minimum atomic E-state index is -0.932. The lowest BCUT2D eigenvalue weighted by molar-refractivity contribution is -0.252. The lowest BCUT2D eigenvalue weighted by Gasteiger charge is -2.72. The van der Waals surface area contributed by atoms with Crippen molar-refractivity contribution in [3.8, 4) is 0 Å². The largest absolute Gasteiger partial charge is 0.481 e. The van der Waals surface area contributed by atoms with Gasteiger partial charge in [0.05, 0.1) is 11.8 Å². The Kier molecular flexibility index (Phi) is 7.85. The molecule has 5 saturated carbocycles. The second kappa shape index (κ2) is 10.2. The summed E-state index contributed by atoms with van der Waals surface area (Å²) in [6.45, 7) is 20.3. The van der Waals surface area contributed by atoms with Crippen LogP contribution >= 0.6 is 11.6 Å². The number of aliphatic carboxylic acids is 1. The summed E-state index contributed by atoms with van der Waals surface area (Å²) in [4.78, 5) is 37.8. The first kappa shape index (κ1) is 32.3. The summed E-state index contributed by atoms with van der Waals surface area (Å²) in [5, 5.41) is 10.1. The van der Waals surface area contributed by atoms with Crippen LogP contribution in [-0.2, 0) is 19.1 Å². The Hall–Kier alpha value is -1.10. The summed E-state index contributed by atoms with van der Waals surface area (Å²) in [7, 11) is 0. The van der Waals surface area contributed by atoms with Gasteiger partial charge >= 0.3 is 11.9 Å². The molecule has 5 aliphatic carbocycles. The van der Waals surface area contributed by atoms with E-state index in [-0.39, 0.29) is 46.1 Å². The standard InChI is InChI=1S/C36H57ClO5/c1-21(2)22-12-17-36(30(40)41)19-18-34(8)23(28(22)36)10-11-25-33(7)15-14-26(42-27(38)20-31(3,4)29(37)39)32(5,6)24(33)13-16-35(25,34)9/h21-26,28H,10-20H2,1-9H3,(H,40,41)/t22-,23?,24?,25?,26-,28?,33-,34+,35+,36-/m0/s1. The molecule has 5 aliphatic rings. The van der Waals surface area contributed by atoms with Crippen LogP contribution in [0.4, 0.5) is 0 Å². The Labute approximate surface area is 259 Å². The normalized spacial score (nSPS) is 46.2. The van der Waals surface area contributed by atoms with Crippen molar-refractivity contribution >= 4 is 28.8 Å². The van der Waals surface area contributed by atoms with Gasteiger partial charge in [-0.2, -0.15) is 0 Å². The quantitative estimate of drug-likeness (QED) is 0.242. The first-order chi connectivity index (χ1) is 19.3.